The molecule has 0 atom stereocenters. The van der Waals surface area contributed by atoms with Crippen molar-refractivity contribution in [2.45, 2.75) is 6.92 Å². The van der Waals surface area contributed by atoms with Crippen molar-refractivity contribution in [3.8, 4) is 0 Å². The van der Waals surface area contributed by atoms with Gasteiger partial charge in [0.15, 0.2) is 0 Å². The lowest BCUT2D eigenvalue weighted by Crippen LogP contribution is -1.78. The molecule has 0 aliphatic heterocycles. The Morgan fingerprint density at radius 3 is 1.38 bits per heavy atom. The van der Waals surface area contributed by atoms with Crippen LogP contribution in [0.5, 0.6) is 0 Å². The molecule has 4 nitrogen and oxygen atoms in total. The molecule has 50 valence electrons. The van der Waals surface area contributed by atoms with E-state index >= 15 is 0 Å². The molecule has 0 aromatic rings. The van der Waals surface area contributed by atoms with Crippen LogP contribution in [0, 0.1) is 0 Å². The summed E-state index contributed by atoms with van der Waals surface area (Å²) < 4.78 is 0. The molecule has 0 radical (unpaired) electrons. The minimum absolute atomic E-state index is 0.833. The second-order valence-electron chi connectivity index (χ2n) is 0.519. The first-order valence-electron chi connectivity index (χ1n) is 1.66. The number of carbonyl (C=O) groups is 2. The van der Waals surface area contributed by atoms with Crippen LogP contribution >= 0.6 is 0 Å². The molecular formula is C4H10O4. The number of carboxylic acids is 1. The first-order chi connectivity index (χ1) is 3.73. The molecule has 0 aromatic heterocycles. The smallest absolute Gasteiger partial charge is 0.300 e. The van der Waals surface area contributed by atoms with Crippen LogP contribution in [0.2, 0.25) is 0 Å². The number of carbonyl (C=O) groups excluding carboxylic acids is 1. The van der Waals surface area contributed by atoms with Crippen LogP contribution in [0.15, 0.2) is 0 Å². The number of aliphatic hydroxyl groups excluding tert-OH is 1. The summed E-state index contributed by atoms with van der Waals surface area (Å²) in [5, 5.41) is 14.4. The molecule has 0 spiro atoms. The highest BCUT2D eigenvalue weighted by Crippen LogP contribution is 1.42. The summed E-state index contributed by atoms with van der Waals surface area (Å²) in [6.07, 6.45) is 0. The molecule has 0 aliphatic rings. The SMILES string of the molecule is C=O.CC(=O)O.CO. The third-order valence-electron chi connectivity index (χ3n) is 0. The third kappa shape index (κ3) is 106. The molecule has 0 fully saturated rings. The maximum absolute atomic E-state index is 9.00. The van der Waals surface area contributed by atoms with Crippen molar-refractivity contribution in [1.29, 1.82) is 0 Å². The van der Waals surface area contributed by atoms with Gasteiger partial charge in [-0.25, -0.2) is 0 Å². The molecule has 0 saturated heterocycles. The lowest BCUT2D eigenvalue weighted by molar-refractivity contribution is -0.134. The Bertz CT molecular complexity index is 39.3. The maximum atomic E-state index is 9.00. The minimum atomic E-state index is -0.833. The van der Waals surface area contributed by atoms with Gasteiger partial charge in [-0.1, -0.05) is 0 Å². The Morgan fingerprint density at radius 1 is 1.38 bits per heavy atom. The predicted molar refractivity (Wildman–Crippen MR) is 28.6 cm³/mol. The monoisotopic (exact) mass is 122 g/mol. The number of aliphatic carboxylic acids is 1. The average molecular weight is 122 g/mol. The second kappa shape index (κ2) is 36.0. The van der Waals surface area contributed by atoms with Gasteiger partial charge in [-0.05, 0) is 0 Å². The topological polar surface area (TPSA) is 74.6 Å². The van der Waals surface area contributed by atoms with Gasteiger partial charge in [0.25, 0.3) is 5.97 Å². The van der Waals surface area contributed by atoms with Crippen LogP contribution in [-0.2, 0) is 9.59 Å². The summed E-state index contributed by atoms with van der Waals surface area (Å²) >= 11 is 0. The van der Waals surface area contributed by atoms with E-state index in [1.165, 1.54) is 0 Å². The second-order valence-corrected chi connectivity index (χ2v) is 0.519. The quantitative estimate of drug-likeness (QED) is 0.454. The van der Waals surface area contributed by atoms with E-state index in [0.29, 0.717) is 0 Å². The molecule has 0 saturated carbocycles. The predicted octanol–water partition coefficient (Wildman–Crippen LogP) is -0.485. The maximum Gasteiger partial charge on any atom is 0.300 e. The van der Waals surface area contributed by atoms with Gasteiger partial charge in [-0.15, -0.1) is 0 Å². The van der Waals surface area contributed by atoms with E-state index in [-0.39, 0.29) is 0 Å². The average Bonchev–Trinajstić information content (AvgIpc) is 1.75. The number of aliphatic hydroxyl groups is 1. The van der Waals surface area contributed by atoms with Gasteiger partial charge in [0.05, 0.1) is 0 Å². The van der Waals surface area contributed by atoms with E-state index in [9.17, 15) is 0 Å². The fourth-order valence-corrected chi connectivity index (χ4v) is 0. The van der Waals surface area contributed by atoms with E-state index in [4.69, 9.17) is 19.8 Å². The molecule has 0 aliphatic carbocycles. The third-order valence-corrected chi connectivity index (χ3v) is 0. The normalized spacial score (nSPS) is 4.38. The summed E-state index contributed by atoms with van der Waals surface area (Å²) in [4.78, 5) is 17.0. The van der Waals surface area contributed by atoms with Crippen molar-refractivity contribution >= 4 is 12.8 Å². The van der Waals surface area contributed by atoms with Gasteiger partial charge in [-0.3, -0.25) is 4.79 Å². The molecule has 8 heavy (non-hydrogen) atoms. The standard InChI is InChI=1S/C2H4O2.CH4O.CH2O/c1-2(3)4;2*1-2/h1H3,(H,3,4);2H,1H3;1H2. The van der Waals surface area contributed by atoms with E-state index in [1.54, 1.807) is 0 Å². The Balaban J connectivity index is -0.0000000542. The lowest BCUT2D eigenvalue weighted by Gasteiger charge is -1.59. The molecular weight excluding hydrogens is 112 g/mol. The zero-order chi connectivity index (χ0) is 7.58. The van der Waals surface area contributed by atoms with Crippen molar-refractivity contribution in [3.05, 3.63) is 0 Å². The summed E-state index contributed by atoms with van der Waals surface area (Å²) in [5.41, 5.74) is 0. The van der Waals surface area contributed by atoms with Gasteiger partial charge in [0.2, 0.25) is 0 Å². The fourth-order valence-electron chi connectivity index (χ4n) is 0. The number of carboxylic acid groups (broad SMARTS) is 1. The number of rotatable bonds is 0. The van der Waals surface area contributed by atoms with Gasteiger partial charge >= 0.3 is 0 Å². The molecule has 0 unspecified atom stereocenters. The van der Waals surface area contributed by atoms with Crippen molar-refractivity contribution in [3.63, 3.8) is 0 Å². The molecule has 0 bridgehead atoms. The highest BCUT2D eigenvalue weighted by Gasteiger charge is 1.65. The van der Waals surface area contributed by atoms with Crippen molar-refractivity contribution in [1.82, 2.24) is 0 Å². The Morgan fingerprint density at radius 2 is 1.38 bits per heavy atom. The highest BCUT2D eigenvalue weighted by atomic mass is 16.4. The van der Waals surface area contributed by atoms with Crippen LogP contribution in [0.4, 0.5) is 0 Å². The lowest BCUT2D eigenvalue weighted by atomic mass is 10.9. The van der Waals surface area contributed by atoms with Crippen molar-refractivity contribution in [2.75, 3.05) is 7.11 Å². The summed E-state index contributed by atoms with van der Waals surface area (Å²) in [7, 11) is 1.00. The largest absolute Gasteiger partial charge is 0.481 e. The summed E-state index contributed by atoms with van der Waals surface area (Å²) in [6, 6.07) is 0. The van der Waals surface area contributed by atoms with Crippen LogP contribution in [-0.4, -0.2) is 30.1 Å². The zero-order valence-corrected chi connectivity index (χ0v) is 4.92. The number of hydrogen-bond donors (Lipinski definition) is 2. The summed E-state index contributed by atoms with van der Waals surface area (Å²) in [5.74, 6) is -0.833. The first-order valence-corrected chi connectivity index (χ1v) is 1.66. The Kier molecular flexibility index (Phi) is 70.7. The van der Waals surface area contributed by atoms with Gasteiger partial charge < -0.3 is 15.0 Å². The minimum Gasteiger partial charge on any atom is -0.481 e. The fraction of sp³-hybridized carbons (Fsp3) is 0.500. The van der Waals surface area contributed by atoms with E-state index in [2.05, 4.69) is 0 Å². The van der Waals surface area contributed by atoms with E-state index in [0.717, 1.165) is 14.0 Å². The molecule has 0 heterocycles. The number of hydrogen-bond acceptors (Lipinski definition) is 3. The molecule has 0 amide bonds. The van der Waals surface area contributed by atoms with E-state index < -0.39 is 5.97 Å². The summed E-state index contributed by atoms with van der Waals surface area (Å²) in [6.45, 7) is 3.08. The molecule has 2 N–H and O–H groups in total. The van der Waals surface area contributed by atoms with Gasteiger partial charge in [-0.2, -0.15) is 0 Å². The first kappa shape index (κ1) is 15.7. The highest BCUT2D eigenvalue weighted by molar-refractivity contribution is 5.62. The molecule has 0 rings (SSSR count). The van der Waals surface area contributed by atoms with Crippen LogP contribution in [0.25, 0.3) is 0 Å². The van der Waals surface area contributed by atoms with Crippen LogP contribution in [0.3, 0.4) is 0 Å². The van der Waals surface area contributed by atoms with Crippen molar-refractivity contribution in [2.24, 2.45) is 0 Å². The van der Waals surface area contributed by atoms with Crippen LogP contribution < -0.4 is 0 Å². The Hall–Kier alpha value is -0.900. The van der Waals surface area contributed by atoms with Crippen molar-refractivity contribution < 1.29 is 19.8 Å². The van der Waals surface area contributed by atoms with Gasteiger partial charge in [0.1, 0.15) is 6.79 Å². The Labute approximate surface area is 47.8 Å². The molecule has 0 aromatic carbocycles. The van der Waals surface area contributed by atoms with Gasteiger partial charge in [0, 0.05) is 14.0 Å². The van der Waals surface area contributed by atoms with E-state index in [1.807, 2.05) is 6.79 Å². The zero-order valence-electron chi connectivity index (χ0n) is 4.92. The van der Waals surface area contributed by atoms with Crippen LogP contribution in [0.1, 0.15) is 6.92 Å². The molecule has 4 heteroatoms.